The highest BCUT2D eigenvalue weighted by Gasteiger charge is 2.21. The lowest BCUT2D eigenvalue weighted by Gasteiger charge is -2.23. The van der Waals surface area contributed by atoms with Gasteiger partial charge in [0, 0.05) is 32.2 Å². The molecule has 1 aliphatic rings. The monoisotopic (exact) mass is 403 g/mol. The molecule has 2 rings (SSSR count). The molecule has 0 amide bonds. The molecule has 5 heteroatoms. The number of ether oxygens (including phenoxy) is 1. The van der Waals surface area contributed by atoms with E-state index in [1.807, 2.05) is 18.2 Å². The third-order valence-electron chi connectivity index (χ3n) is 3.49. The number of guanidine groups is 1. The Morgan fingerprint density at radius 2 is 2.10 bits per heavy atom. The molecule has 21 heavy (non-hydrogen) atoms. The molecule has 0 radical (unpaired) electrons. The SMILES string of the molecule is CCNC(=NCC1CC1)N(C)Cc1ccccc1OC.I. The summed E-state index contributed by atoms with van der Waals surface area (Å²) in [5.41, 5.74) is 1.18. The average Bonchev–Trinajstić information content (AvgIpc) is 3.28. The van der Waals surface area contributed by atoms with Gasteiger partial charge in [-0.05, 0) is 31.7 Å². The number of halogens is 1. The first kappa shape index (κ1) is 18.1. The topological polar surface area (TPSA) is 36.9 Å². The molecule has 1 aliphatic carbocycles. The van der Waals surface area contributed by atoms with Crippen molar-refractivity contribution in [2.75, 3.05) is 27.2 Å². The first-order valence-electron chi connectivity index (χ1n) is 7.36. The summed E-state index contributed by atoms with van der Waals surface area (Å²) in [6.45, 7) is 4.72. The fraction of sp³-hybridized carbons (Fsp3) is 0.562. The average molecular weight is 403 g/mol. The Kier molecular flexibility index (Phi) is 7.85. The zero-order valence-electron chi connectivity index (χ0n) is 13.1. The minimum Gasteiger partial charge on any atom is -0.496 e. The lowest BCUT2D eigenvalue weighted by atomic mass is 10.2. The molecule has 1 aromatic carbocycles. The van der Waals surface area contributed by atoms with Gasteiger partial charge in [-0.2, -0.15) is 0 Å². The summed E-state index contributed by atoms with van der Waals surface area (Å²) in [6, 6.07) is 8.13. The number of rotatable bonds is 6. The second-order valence-corrected chi connectivity index (χ2v) is 5.31. The Morgan fingerprint density at radius 3 is 2.71 bits per heavy atom. The molecule has 0 atom stereocenters. The predicted molar refractivity (Wildman–Crippen MR) is 98.6 cm³/mol. The highest BCUT2D eigenvalue weighted by Crippen LogP contribution is 2.28. The maximum Gasteiger partial charge on any atom is 0.193 e. The van der Waals surface area contributed by atoms with E-state index >= 15 is 0 Å². The van der Waals surface area contributed by atoms with Gasteiger partial charge in [-0.25, -0.2) is 0 Å². The van der Waals surface area contributed by atoms with E-state index in [1.54, 1.807) is 7.11 Å². The van der Waals surface area contributed by atoms with Crippen LogP contribution in [0.1, 0.15) is 25.3 Å². The van der Waals surface area contributed by atoms with Crippen LogP contribution in [0.3, 0.4) is 0 Å². The number of nitrogens with zero attached hydrogens (tertiary/aromatic N) is 2. The Morgan fingerprint density at radius 1 is 1.38 bits per heavy atom. The first-order valence-corrected chi connectivity index (χ1v) is 7.36. The molecule has 0 aliphatic heterocycles. The van der Waals surface area contributed by atoms with Crippen LogP contribution in [0, 0.1) is 5.92 Å². The van der Waals surface area contributed by atoms with Gasteiger partial charge >= 0.3 is 0 Å². The summed E-state index contributed by atoms with van der Waals surface area (Å²) in [5, 5.41) is 3.36. The lowest BCUT2D eigenvalue weighted by Crippen LogP contribution is -2.38. The van der Waals surface area contributed by atoms with Gasteiger partial charge in [-0.1, -0.05) is 18.2 Å². The predicted octanol–water partition coefficient (Wildman–Crippen LogP) is 3.12. The van der Waals surface area contributed by atoms with Crippen molar-refractivity contribution >= 4 is 29.9 Å². The van der Waals surface area contributed by atoms with E-state index < -0.39 is 0 Å². The Hall–Kier alpha value is -0.980. The molecule has 4 nitrogen and oxygen atoms in total. The molecule has 0 spiro atoms. The smallest absolute Gasteiger partial charge is 0.193 e. The number of hydrogen-bond donors (Lipinski definition) is 1. The number of hydrogen-bond acceptors (Lipinski definition) is 2. The fourth-order valence-electron chi connectivity index (χ4n) is 2.15. The molecule has 0 saturated heterocycles. The fourth-order valence-corrected chi connectivity index (χ4v) is 2.15. The van der Waals surface area contributed by atoms with Crippen LogP contribution in [0.25, 0.3) is 0 Å². The van der Waals surface area contributed by atoms with Gasteiger partial charge in [0.15, 0.2) is 5.96 Å². The molecular formula is C16H26IN3O. The van der Waals surface area contributed by atoms with Gasteiger partial charge in [-0.15, -0.1) is 24.0 Å². The van der Waals surface area contributed by atoms with Gasteiger partial charge in [0.2, 0.25) is 0 Å². The lowest BCUT2D eigenvalue weighted by molar-refractivity contribution is 0.396. The van der Waals surface area contributed by atoms with Crippen LogP contribution in [-0.2, 0) is 6.54 Å². The van der Waals surface area contributed by atoms with Gasteiger partial charge in [0.05, 0.1) is 7.11 Å². The Bertz CT molecular complexity index is 461. The number of aliphatic imine (C=N–C) groups is 1. The largest absolute Gasteiger partial charge is 0.496 e. The van der Waals surface area contributed by atoms with Crippen molar-refractivity contribution < 1.29 is 4.74 Å². The van der Waals surface area contributed by atoms with Crippen molar-refractivity contribution in [3.05, 3.63) is 29.8 Å². The molecule has 0 unspecified atom stereocenters. The van der Waals surface area contributed by atoms with E-state index in [4.69, 9.17) is 9.73 Å². The molecule has 0 aromatic heterocycles. The van der Waals surface area contributed by atoms with E-state index in [2.05, 4.69) is 30.3 Å². The first-order chi connectivity index (χ1) is 9.74. The van der Waals surface area contributed by atoms with Crippen LogP contribution in [0.5, 0.6) is 5.75 Å². The number of para-hydroxylation sites is 1. The number of benzene rings is 1. The van der Waals surface area contributed by atoms with Crippen molar-refractivity contribution in [1.29, 1.82) is 0 Å². The van der Waals surface area contributed by atoms with Gasteiger partial charge in [0.25, 0.3) is 0 Å². The molecule has 1 N–H and O–H groups in total. The minimum absolute atomic E-state index is 0. The van der Waals surface area contributed by atoms with Gasteiger partial charge in [-0.3, -0.25) is 4.99 Å². The summed E-state index contributed by atoms with van der Waals surface area (Å²) in [7, 11) is 3.78. The normalized spacial score (nSPS) is 14.3. The maximum atomic E-state index is 5.41. The Labute approximate surface area is 145 Å². The molecular weight excluding hydrogens is 377 g/mol. The zero-order valence-corrected chi connectivity index (χ0v) is 15.5. The van der Waals surface area contributed by atoms with E-state index in [0.29, 0.717) is 0 Å². The Balaban J connectivity index is 0.00000220. The summed E-state index contributed by atoms with van der Waals surface area (Å²) in [4.78, 5) is 6.87. The summed E-state index contributed by atoms with van der Waals surface area (Å²) < 4.78 is 5.41. The van der Waals surface area contributed by atoms with Crippen molar-refractivity contribution in [2.24, 2.45) is 10.9 Å². The number of methoxy groups -OCH3 is 1. The maximum absolute atomic E-state index is 5.41. The highest BCUT2D eigenvalue weighted by molar-refractivity contribution is 14.0. The van der Waals surface area contributed by atoms with Crippen LogP contribution in [0.4, 0.5) is 0 Å². The molecule has 118 valence electrons. The van der Waals surface area contributed by atoms with E-state index in [1.165, 1.54) is 18.4 Å². The van der Waals surface area contributed by atoms with Crippen LogP contribution in [-0.4, -0.2) is 38.1 Å². The summed E-state index contributed by atoms with van der Waals surface area (Å²) in [5.74, 6) is 2.71. The summed E-state index contributed by atoms with van der Waals surface area (Å²) in [6.07, 6.45) is 2.66. The zero-order chi connectivity index (χ0) is 14.4. The second kappa shape index (κ2) is 9.12. The molecule has 0 bridgehead atoms. The van der Waals surface area contributed by atoms with Crippen molar-refractivity contribution in [3.63, 3.8) is 0 Å². The van der Waals surface area contributed by atoms with E-state index in [9.17, 15) is 0 Å². The van der Waals surface area contributed by atoms with Crippen LogP contribution in [0.15, 0.2) is 29.3 Å². The third kappa shape index (κ3) is 5.73. The van der Waals surface area contributed by atoms with Crippen LogP contribution in [0.2, 0.25) is 0 Å². The molecule has 1 saturated carbocycles. The van der Waals surface area contributed by atoms with E-state index in [-0.39, 0.29) is 24.0 Å². The van der Waals surface area contributed by atoms with Gasteiger partial charge < -0.3 is 15.0 Å². The van der Waals surface area contributed by atoms with Crippen molar-refractivity contribution in [3.8, 4) is 5.75 Å². The van der Waals surface area contributed by atoms with E-state index in [0.717, 1.165) is 37.3 Å². The molecule has 1 aromatic rings. The van der Waals surface area contributed by atoms with Crippen molar-refractivity contribution in [1.82, 2.24) is 10.2 Å². The highest BCUT2D eigenvalue weighted by atomic mass is 127. The van der Waals surface area contributed by atoms with Crippen LogP contribution >= 0.6 is 24.0 Å². The second-order valence-electron chi connectivity index (χ2n) is 5.31. The van der Waals surface area contributed by atoms with Gasteiger partial charge in [0.1, 0.15) is 5.75 Å². The molecule has 1 fully saturated rings. The van der Waals surface area contributed by atoms with Crippen molar-refractivity contribution in [2.45, 2.75) is 26.3 Å². The number of nitrogens with one attached hydrogen (secondary N) is 1. The quantitative estimate of drug-likeness (QED) is 0.451. The third-order valence-corrected chi connectivity index (χ3v) is 3.49. The molecule has 0 heterocycles. The summed E-state index contributed by atoms with van der Waals surface area (Å²) >= 11 is 0. The minimum atomic E-state index is 0. The standard InChI is InChI=1S/C16H25N3O.HI/c1-4-17-16(18-11-13-9-10-13)19(2)12-14-7-5-6-8-15(14)20-3;/h5-8,13H,4,9-12H2,1-3H3,(H,17,18);1H. The van der Waals surface area contributed by atoms with Crippen LogP contribution < -0.4 is 10.1 Å².